The molecule has 0 saturated carbocycles. The van der Waals surface area contributed by atoms with Gasteiger partial charge >= 0.3 is 5.97 Å². The number of rotatable bonds is 8. The summed E-state index contributed by atoms with van der Waals surface area (Å²) < 4.78 is 6.86. The minimum Gasteiger partial charge on any atom is -0.468 e. The molecule has 0 spiro atoms. The molecule has 1 aromatic carbocycles. The molecule has 0 bridgehead atoms. The summed E-state index contributed by atoms with van der Waals surface area (Å²) in [6, 6.07) is 11.6. The number of nitrogens with zero attached hydrogens (tertiary/aromatic N) is 5. The molecule has 0 radical (unpaired) electrons. The van der Waals surface area contributed by atoms with Crippen LogP contribution in [0.5, 0.6) is 0 Å². The van der Waals surface area contributed by atoms with Gasteiger partial charge in [0.2, 0.25) is 0 Å². The van der Waals surface area contributed by atoms with E-state index in [1.165, 1.54) is 30.6 Å². The quantitative estimate of drug-likeness (QED) is 0.323. The predicted molar refractivity (Wildman–Crippen MR) is 105 cm³/mol. The summed E-state index contributed by atoms with van der Waals surface area (Å²) in [5, 5.41) is 9.67. The molecule has 2 heterocycles. The fraction of sp³-hybridized carbons (Fsp3) is 0.278. The molecule has 0 aliphatic heterocycles. The van der Waals surface area contributed by atoms with Crippen molar-refractivity contribution in [3.8, 4) is 5.69 Å². The summed E-state index contributed by atoms with van der Waals surface area (Å²) in [7, 11) is 1.40. The molecule has 140 valence electrons. The molecule has 2 aromatic heterocycles. The maximum atomic E-state index is 12.0. The van der Waals surface area contributed by atoms with E-state index in [9.17, 15) is 4.79 Å². The molecule has 3 rings (SSSR count). The van der Waals surface area contributed by atoms with Gasteiger partial charge in [-0.1, -0.05) is 48.6 Å². The van der Waals surface area contributed by atoms with Gasteiger partial charge < -0.3 is 4.74 Å². The first-order chi connectivity index (χ1) is 13.2. The van der Waals surface area contributed by atoms with Gasteiger partial charge in [0.05, 0.1) is 12.9 Å². The number of para-hydroxylation sites is 1. The summed E-state index contributed by atoms with van der Waals surface area (Å²) >= 11 is 2.84. The molecule has 0 fully saturated rings. The maximum Gasteiger partial charge on any atom is 0.319 e. The van der Waals surface area contributed by atoms with Gasteiger partial charge in [-0.25, -0.2) is 9.97 Å². The number of methoxy groups -OCH3 is 1. The van der Waals surface area contributed by atoms with Crippen molar-refractivity contribution >= 4 is 29.5 Å². The highest BCUT2D eigenvalue weighted by Crippen LogP contribution is 2.29. The summed E-state index contributed by atoms with van der Waals surface area (Å²) in [6.45, 7) is 1.95. The van der Waals surface area contributed by atoms with E-state index in [1.807, 2.05) is 41.8 Å². The Balaban J connectivity index is 1.89. The minimum atomic E-state index is -0.334. The fourth-order valence-corrected chi connectivity index (χ4v) is 4.09. The van der Waals surface area contributed by atoms with Crippen molar-refractivity contribution in [2.24, 2.45) is 0 Å². The largest absolute Gasteiger partial charge is 0.468 e. The molecule has 0 amide bonds. The number of aromatic nitrogens is 5. The van der Waals surface area contributed by atoms with Crippen LogP contribution in [0.15, 0.2) is 59.1 Å². The van der Waals surface area contributed by atoms with Crippen molar-refractivity contribution in [1.82, 2.24) is 24.7 Å². The van der Waals surface area contributed by atoms with Gasteiger partial charge in [-0.3, -0.25) is 9.36 Å². The normalized spacial score (nSPS) is 11.9. The Morgan fingerprint density at radius 2 is 1.89 bits per heavy atom. The number of esters is 1. The van der Waals surface area contributed by atoms with Gasteiger partial charge in [-0.2, -0.15) is 0 Å². The molecule has 1 atom stereocenters. The lowest BCUT2D eigenvalue weighted by Gasteiger charge is -2.14. The molecule has 0 unspecified atom stereocenters. The zero-order valence-electron chi connectivity index (χ0n) is 15.0. The smallest absolute Gasteiger partial charge is 0.319 e. The van der Waals surface area contributed by atoms with Gasteiger partial charge in [-0.05, 0) is 24.6 Å². The Labute approximate surface area is 166 Å². The predicted octanol–water partition coefficient (Wildman–Crippen LogP) is 3.39. The number of hydrogen-bond acceptors (Lipinski definition) is 8. The molecular weight excluding hydrogens is 382 g/mol. The first-order valence-corrected chi connectivity index (χ1v) is 10.2. The lowest BCUT2D eigenvalue weighted by Crippen LogP contribution is -2.18. The van der Waals surface area contributed by atoms with Crippen LogP contribution >= 0.6 is 23.5 Å². The Hall–Kier alpha value is -2.39. The Morgan fingerprint density at radius 3 is 2.56 bits per heavy atom. The SMILES string of the molecule is CC[C@@H](Sc1nnc(CSc2ncccn2)n1-c1ccccc1)C(=O)OC. The number of ether oxygens (including phenoxy) is 1. The number of thioether (sulfide) groups is 2. The number of carbonyl (C=O) groups is 1. The van der Waals surface area contributed by atoms with Crippen LogP contribution in [0, 0.1) is 0 Å². The average Bonchev–Trinajstić information content (AvgIpc) is 3.13. The number of carbonyl (C=O) groups excluding carboxylic acids is 1. The van der Waals surface area contributed by atoms with E-state index in [4.69, 9.17) is 4.74 Å². The number of benzene rings is 1. The van der Waals surface area contributed by atoms with Gasteiger partial charge in [-0.15, -0.1) is 10.2 Å². The zero-order valence-corrected chi connectivity index (χ0v) is 16.6. The van der Waals surface area contributed by atoms with E-state index in [0.717, 1.165) is 11.5 Å². The topological polar surface area (TPSA) is 82.8 Å². The molecule has 0 saturated heterocycles. The van der Waals surface area contributed by atoms with Crippen molar-refractivity contribution in [3.05, 3.63) is 54.6 Å². The molecule has 0 aliphatic carbocycles. The molecule has 3 aromatic rings. The summed E-state index contributed by atoms with van der Waals surface area (Å²) in [4.78, 5) is 20.4. The van der Waals surface area contributed by atoms with Crippen molar-refractivity contribution in [2.45, 2.75) is 34.7 Å². The Bertz CT molecular complexity index is 874. The van der Waals surface area contributed by atoms with Crippen LogP contribution in [0.25, 0.3) is 5.69 Å². The van der Waals surface area contributed by atoms with Crippen LogP contribution in [-0.4, -0.2) is 43.1 Å². The van der Waals surface area contributed by atoms with Gasteiger partial charge in [0.25, 0.3) is 0 Å². The highest BCUT2D eigenvalue weighted by molar-refractivity contribution is 8.00. The molecule has 7 nitrogen and oxygen atoms in total. The molecule has 0 N–H and O–H groups in total. The van der Waals surface area contributed by atoms with Gasteiger partial charge in [0.15, 0.2) is 10.3 Å². The first-order valence-electron chi connectivity index (χ1n) is 8.37. The summed E-state index contributed by atoms with van der Waals surface area (Å²) in [5.41, 5.74) is 0.939. The standard InChI is InChI=1S/C18H19N5O2S2/c1-3-14(16(24)25-2)27-18-22-21-15(12-26-17-19-10-7-11-20-17)23(18)13-8-5-4-6-9-13/h4-11,14H,3,12H2,1-2H3/t14-/m1/s1. The van der Waals surface area contributed by atoms with Crippen LogP contribution in [-0.2, 0) is 15.3 Å². The second-order valence-electron chi connectivity index (χ2n) is 5.43. The first kappa shape index (κ1) is 19.4. The van der Waals surface area contributed by atoms with Crippen molar-refractivity contribution in [1.29, 1.82) is 0 Å². The maximum absolute atomic E-state index is 12.0. The van der Waals surface area contributed by atoms with E-state index in [0.29, 0.717) is 22.5 Å². The molecule has 0 aliphatic rings. The third-order valence-electron chi connectivity index (χ3n) is 3.67. The second kappa shape index (κ2) is 9.52. The third kappa shape index (κ3) is 4.86. The molecule has 9 heteroatoms. The van der Waals surface area contributed by atoms with Crippen molar-refractivity contribution in [3.63, 3.8) is 0 Å². The Kier molecular flexibility index (Phi) is 6.83. The monoisotopic (exact) mass is 401 g/mol. The fourth-order valence-electron chi connectivity index (χ4n) is 2.35. The molecule has 27 heavy (non-hydrogen) atoms. The summed E-state index contributed by atoms with van der Waals surface area (Å²) in [6.07, 6.45) is 4.06. The van der Waals surface area contributed by atoms with E-state index in [1.54, 1.807) is 18.5 Å². The van der Waals surface area contributed by atoms with Crippen molar-refractivity contribution in [2.75, 3.05) is 7.11 Å². The average molecular weight is 402 g/mol. The van der Waals surface area contributed by atoms with Gasteiger partial charge in [0, 0.05) is 18.1 Å². The third-order valence-corrected chi connectivity index (χ3v) is 5.83. The minimum absolute atomic E-state index is 0.265. The zero-order chi connectivity index (χ0) is 19.1. The lowest BCUT2D eigenvalue weighted by molar-refractivity contribution is -0.140. The highest BCUT2D eigenvalue weighted by Gasteiger charge is 2.23. The van der Waals surface area contributed by atoms with Crippen molar-refractivity contribution < 1.29 is 9.53 Å². The van der Waals surface area contributed by atoms with Gasteiger partial charge in [0.1, 0.15) is 11.1 Å². The van der Waals surface area contributed by atoms with E-state index in [2.05, 4.69) is 20.2 Å². The Morgan fingerprint density at radius 1 is 1.15 bits per heavy atom. The van der Waals surface area contributed by atoms with E-state index >= 15 is 0 Å². The number of hydrogen-bond donors (Lipinski definition) is 0. The lowest BCUT2D eigenvalue weighted by atomic mass is 10.3. The summed E-state index contributed by atoms with van der Waals surface area (Å²) in [5.74, 6) is 1.06. The van der Waals surface area contributed by atoms with E-state index in [-0.39, 0.29) is 11.2 Å². The van der Waals surface area contributed by atoms with E-state index < -0.39 is 0 Å². The van der Waals surface area contributed by atoms with Crippen LogP contribution < -0.4 is 0 Å². The highest BCUT2D eigenvalue weighted by atomic mass is 32.2. The van der Waals surface area contributed by atoms with Crippen LogP contribution in [0.4, 0.5) is 0 Å². The van der Waals surface area contributed by atoms with Crippen LogP contribution in [0.3, 0.4) is 0 Å². The van der Waals surface area contributed by atoms with Crippen LogP contribution in [0.1, 0.15) is 19.2 Å². The second-order valence-corrected chi connectivity index (χ2v) is 7.54. The van der Waals surface area contributed by atoms with Crippen LogP contribution in [0.2, 0.25) is 0 Å². The molecular formula is C18H19N5O2S2.